The number of aromatic nitrogens is 2. The van der Waals surface area contributed by atoms with Crippen molar-refractivity contribution in [2.75, 3.05) is 11.5 Å². The normalized spacial score (nSPS) is 10.3. The zero-order valence-electron chi connectivity index (χ0n) is 12.6. The van der Waals surface area contributed by atoms with E-state index in [1.165, 1.54) is 0 Å². The highest BCUT2D eigenvalue weighted by Crippen LogP contribution is 2.30. The lowest BCUT2D eigenvalue weighted by atomic mass is 10.2. The van der Waals surface area contributed by atoms with E-state index in [4.69, 9.17) is 20.9 Å². The zero-order chi connectivity index (χ0) is 16.2. The Hall–Kier alpha value is -3.28. The third-order valence-electron chi connectivity index (χ3n) is 3.00. The Morgan fingerprint density at radius 3 is 2.22 bits per heavy atom. The van der Waals surface area contributed by atoms with Crippen LogP contribution in [0.1, 0.15) is 5.82 Å². The number of benzene rings is 2. The number of nitrogen functional groups attached to an aromatic ring is 2. The second kappa shape index (κ2) is 6.23. The van der Waals surface area contributed by atoms with E-state index in [2.05, 4.69) is 9.97 Å². The number of nitrogens with two attached hydrogens (primary N) is 2. The molecule has 0 fully saturated rings. The molecule has 0 saturated heterocycles. The molecule has 0 spiro atoms. The fourth-order valence-corrected chi connectivity index (χ4v) is 2.00. The largest absolute Gasteiger partial charge is 0.439 e. The molecule has 116 valence electrons. The van der Waals surface area contributed by atoms with Crippen LogP contribution >= 0.6 is 0 Å². The number of hydrogen-bond donors (Lipinski definition) is 2. The lowest BCUT2D eigenvalue weighted by molar-refractivity contribution is 0.432. The summed E-state index contributed by atoms with van der Waals surface area (Å²) >= 11 is 0. The van der Waals surface area contributed by atoms with Crippen molar-refractivity contribution in [2.24, 2.45) is 0 Å². The average Bonchev–Trinajstić information content (AvgIpc) is 2.50. The summed E-state index contributed by atoms with van der Waals surface area (Å²) in [6.07, 6.45) is 0. The van der Waals surface area contributed by atoms with E-state index in [0.717, 1.165) is 0 Å². The van der Waals surface area contributed by atoms with Gasteiger partial charge in [-0.15, -0.1) is 0 Å². The molecule has 1 aromatic heterocycles. The van der Waals surface area contributed by atoms with Gasteiger partial charge in [0.1, 0.15) is 11.6 Å². The summed E-state index contributed by atoms with van der Waals surface area (Å²) in [6, 6.07) is 16.0. The van der Waals surface area contributed by atoms with E-state index in [1.807, 2.05) is 30.3 Å². The van der Waals surface area contributed by atoms with E-state index in [1.54, 1.807) is 31.2 Å². The van der Waals surface area contributed by atoms with Gasteiger partial charge in [-0.2, -0.15) is 9.97 Å². The highest BCUT2D eigenvalue weighted by molar-refractivity contribution is 5.61. The number of para-hydroxylation sites is 1. The SMILES string of the molecule is Cc1nc(Oc2ccccc2)cc(Oc2ccc(N)cc2N)n1. The molecule has 3 rings (SSSR count). The van der Waals surface area contributed by atoms with Gasteiger partial charge < -0.3 is 20.9 Å². The van der Waals surface area contributed by atoms with Gasteiger partial charge in [-0.3, -0.25) is 0 Å². The summed E-state index contributed by atoms with van der Waals surface area (Å²) in [7, 11) is 0. The Balaban J connectivity index is 1.85. The van der Waals surface area contributed by atoms with Gasteiger partial charge in [0.05, 0.1) is 11.8 Å². The van der Waals surface area contributed by atoms with Gasteiger partial charge in [-0.1, -0.05) is 18.2 Å². The van der Waals surface area contributed by atoms with Crippen molar-refractivity contribution in [3.05, 3.63) is 60.4 Å². The van der Waals surface area contributed by atoms with Crippen molar-refractivity contribution in [1.82, 2.24) is 9.97 Å². The summed E-state index contributed by atoms with van der Waals surface area (Å²) in [4.78, 5) is 8.48. The minimum absolute atomic E-state index is 0.347. The van der Waals surface area contributed by atoms with Gasteiger partial charge in [0.2, 0.25) is 11.8 Å². The van der Waals surface area contributed by atoms with Crippen LogP contribution in [0.5, 0.6) is 23.3 Å². The summed E-state index contributed by atoms with van der Waals surface area (Å²) in [6.45, 7) is 1.76. The fraction of sp³-hybridized carbons (Fsp3) is 0.0588. The van der Waals surface area contributed by atoms with Crippen LogP contribution in [0.25, 0.3) is 0 Å². The number of anilines is 2. The molecule has 0 aliphatic heterocycles. The van der Waals surface area contributed by atoms with Crippen LogP contribution in [0.4, 0.5) is 11.4 Å². The minimum Gasteiger partial charge on any atom is -0.439 e. The van der Waals surface area contributed by atoms with Gasteiger partial charge in [0, 0.05) is 5.69 Å². The second-order valence-electron chi connectivity index (χ2n) is 4.91. The lowest BCUT2D eigenvalue weighted by Crippen LogP contribution is -1.98. The molecule has 0 aliphatic rings. The van der Waals surface area contributed by atoms with Gasteiger partial charge in [0.25, 0.3) is 0 Å². The van der Waals surface area contributed by atoms with Crippen LogP contribution in [0, 0.1) is 6.92 Å². The maximum Gasteiger partial charge on any atom is 0.226 e. The van der Waals surface area contributed by atoms with Gasteiger partial charge in [-0.05, 0) is 37.3 Å². The first kappa shape index (κ1) is 14.6. The van der Waals surface area contributed by atoms with Crippen molar-refractivity contribution < 1.29 is 9.47 Å². The molecule has 0 radical (unpaired) electrons. The highest BCUT2D eigenvalue weighted by atomic mass is 16.5. The molecule has 3 aromatic rings. The molecule has 0 amide bonds. The van der Waals surface area contributed by atoms with E-state index in [9.17, 15) is 0 Å². The minimum atomic E-state index is 0.347. The fourth-order valence-electron chi connectivity index (χ4n) is 2.00. The maximum absolute atomic E-state index is 5.89. The average molecular weight is 308 g/mol. The Bertz CT molecular complexity index is 822. The van der Waals surface area contributed by atoms with Crippen molar-refractivity contribution in [1.29, 1.82) is 0 Å². The van der Waals surface area contributed by atoms with Crippen molar-refractivity contribution in [3.8, 4) is 23.3 Å². The smallest absolute Gasteiger partial charge is 0.226 e. The van der Waals surface area contributed by atoms with Crippen molar-refractivity contribution >= 4 is 11.4 Å². The van der Waals surface area contributed by atoms with Crippen molar-refractivity contribution in [2.45, 2.75) is 6.92 Å². The molecule has 0 saturated carbocycles. The van der Waals surface area contributed by atoms with E-state index >= 15 is 0 Å². The maximum atomic E-state index is 5.89. The van der Waals surface area contributed by atoms with Gasteiger partial charge in [0.15, 0.2) is 5.75 Å². The highest BCUT2D eigenvalue weighted by Gasteiger charge is 2.08. The Labute approximate surface area is 133 Å². The van der Waals surface area contributed by atoms with E-state index in [0.29, 0.717) is 40.5 Å². The van der Waals surface area contributed by atoms with Gasteiger partial charge >= 0.3 is 0 Å². The molecule has 6 nitrogen and oxygen atoms in total. The third-order valence-corrected chi connectivity index (χ3v) is 3.00. The second-order valence-corrected chi connectivity index (χ2v) is 4.91. The quantitative estimate of drug-likeness (QED) is 0.716. The van der Waals surface area contributed by atoms with Gasteiger partial charge in [-0.25, -0.2) is 0 Å². The molecule has 0 atom stereocenters. The van der Waals surface area contributed by atoms with Crippen LogP contribution in [0.2, 0.25) is 0 Å². The Kier molecular flexibility index (Phi) is 3.97. The zero-order valence-corrected chi connectivity index (χ0v) is 12.6. The number of rotatable bonds is 4. The molecular weight excluding hydrogens is 292 g/mol. The van der Waals surface area contributed by atoms with E-state index in [-0.39, 0.29) is 0 Å². The summed E-state index contributed by atoms with van der Waals surface area (Å²) in [5.74, 6) is 2.43. The van der Waals surface area contributed by atoms with E-state index < -0.39 is 0 Å². The monoisotopic (exact) mass is 308 g/mol. The predicted molar refractivity (Wildman–Crippen MR) is 88.6 cm³/mol. The number of aryl methyl sites for hydroxylation is 1. The standard InChI is InChI=1S/C17H16N4O2/c1-11-20-16(22-13-5-3-2-4-6-13)10-17(21-11)23-15-8-7-12(18)9-14(15)19/h2-10H,18-19H2,1H3. The van der Waals surface area contributed by atoms with Crippen LogP contribution in [0.15, 0.2) is 54.6 Å². The molecular formula is C17H16N4O2. The van der Waals surface area contributed by atoms with Crippen LogP contribution < -0.4 is 20.9 Å². The molecule has 0 aliphatic carbocycles. The van der Waals surface area contributed by atoms with Crippen LogP contribution in [0.3, 0.4) is 0 Å². The molecule has 4 N–H and O–H groups in total. The summed E-state index contributed by atoms with van der Waals surface area (Å²) in [5, 5.41) is 0. The molecule has 23 heavy (non-hydrogen) atoms. The number of nitrogens with zero attached hydrogens (tertiary/aromatic N) is 2. The molecule has 2 aromatic carbocycles. The van der Waals surface area contributed by atoms with Crippen molar-refractivity contribution in [3.63, 3.8) is 0 Å². The van der Waals surface area contributed by atoms with Crippen LogP contribution in [-0.2, 0) is 0 Å². The predicted octanol–water partition coefficient (Wildman–Crippen LogP) is 3.53. The number of ether oxygens (including phenoxy) is 2. The third kappa shape index (κ3) is 3.68. The first-order valence-electron chi connectivity index (χ1n) is 7.01. The first-order chi connectivity index (χ1) is 11.1. The molecule has 1 heterocycles. The Morgan fingerprint density at radius 2 is 1.52 bits per heavy atom. The Morgan fingerprint density at radius 1 is 0.826 bits per heavy atom. The molecule has 0 unspecified atom stereocenters. The summed E-state index contributed by atoms with van der Waals surface area (Å²) < 4.78 is 11.4. The molecule has 0 bridgehead atoms. The lowest BCUT2D eigenvalue weighted by Gasteiger charge is -2.10. The first-order valence-corrected chi connectivity index (χ1v) is 7.01. The van der Waals surface area contributed by atoms with Crippen LogP contribution in [-0.4, -0.2) is 9.97 Å². The topological polar surface area (TPSA) is 96.3 Å². The number of hydrogen-bond acceptors (Lipinski definition) is 6. The summed E-state index contributed by atoms with van der Waals surface area (Å²) in [5.41, 5.74) is 12.6. The molecule has 6 heteroatoms.